The molecule has 24 heavy (non-hydrogen) atoms. The Balaban J connectivity index is 1.57. The molecule has 0 fully saturated rings. The number of hydrogen-bond donors (Lipinski definition) is 0. The molecule has 0 aliphatic carbocycles. The molecule has 7 heteroatoms. The lowest BCUT2D eigenvalue weighted by Crippen LogP contribution is -2.16. The van der Waals surface area contributed by atoms with Crippen LogP contribution < -0.4 is 5.01 Å². The van der Waals surface area contributed by atoms with Gasteiger partial charge in [0.15, 0.2) is 5.82 Å². The molecule has 3 heterocycles. The van der Waals surface area contributed by atoms with E-state index in [0.717, 1.165) is 11.3 Å². The minimum absolute atomic E-state index is 0.402. The van der Waals surface area contributed by atoms with E-state index in [0.29, 0.717) is 27.5 Å². The predicted octanol–water partition coefficient (Wildman–Crippen LogP) is 3.50. The predicted molar refractivity (Wildman–Crippen MR) is 89.8 cm³/mol. The topological polar surface area (TPSA) is 37.0 Å². The first kappa shape index (κ1) is 14.7. The van der Waals surface area contributed by atoms with Crippen LogP contribution in [0.15, 0.2) is 48.8 Å². The highest BCUT2D eigenvalue weighted by molar-refractivity contribution is 6.32. The summed E-state index contributed by atoms with van der Waals surface area (Å²) in [6.45, 7) is 0. The van der Waals surface area contributed by atoms with E-state index in [1.54, 1.807) is 16.9 Å². The fourth-order valence-corrected chi connectivity index (χ4v) is 2.55. The summed E-state index contributed by atoms with van der Waals surface area (Å²) in [5.74, 6) is 6.48. The zero-order chi connectivity index (χ0) is 16.7. The summed E-state index contributed by atoms with van der Waals surface area (Å²) in [4.78, 5) is 4.27. The second kappa shape index (κ2) is 5.64. The molecule has 0 amide bonds. The lowest BCUT2D eigenvalue weighted by Gasteiger charge is -2.03. The summed E-state index contributed by atoms with van der Waals surface area (Å²) in [5, 5.41) is 6.35. The van der Waals surface area contributed by atoms with Gasteiger partial charge in [-0.2, -0.15) is 5.10 Å². The van der Waals surface area contributed by atoms with Gasteiger partial charge < -0.3 is 0 Å². The van der Waals surface area contributed by atoms with Gasteiger partial charge in [0.2, 0.25) is 0 Å². The highest BCUT2D eigenvalue weighted by Crippen LogP contribution is 2.48. The van der Waals surface area contributed by atoms with Crippen molar-refractivity contribution in [3.63, 3.8) is 0 Å². The highest BCUT2D eigenvalue weighted by Gasteiger charge is 2.36. The second-order valence-corrected chi connectivity index (χ2v) is 5.57. The van der Waals surface area contributed by atoms with Crippen LogP contribution in [0.2, 0.25) is 5.02 Å². The molecule has 0 unspecified atom stereocenters. The number of hydrazine groups is 1. The van der Waals surface area contributed by atoms with Crippen molar-refractivity contribution in [2.24, 2.45) is 0 Å². The van der Waals surface area contributed by atoms with E-state index in [2.05, 4.69) is 21.9 Å². The summed E-state index contributed by atoms with van der Waals surface area (Å²) in [6.07, 6.45) is 3.60. The quantitative estimate of drug-likeness (QED) is 0.407. The van der Waals surface area contributed by atoms with Crippen LogP contribution in [0.25, 0.3) is 5.69 Å². The summed E-state index contributed by atoms with van der Waals surface area (Å²) in [7, 11) is 1.29. The van der Waals surface area contributed by atoms with Crippen LogP contribution in [0.4, 0.5) is 16.0 Å². The van der Waals surface area contributed by atoms with E-state index in [9.17, 15) is 4.48 Å². The maximum atomic E-state index is 13.2. The van der Waals surface area contributed by atoms with Gasteiger partial charge >= 0.3 is 0 Å². The average molecular weight is 340 g/mol. The van der Waals surface area contributed by atoms with Crippen LogP contribution >= 0.6 is 11.6 Å². The van der Waals surface area contributed by atoms with Crippen LogP contribution in [0, 0.1) is 11.8 Å². The Morgan fingerprint density at radius 2 is 2.00 bits per heavy atom. The SMILES string of the molecule is CN(F)N1c2cc(Cl)c(C#Cc3ccc(-n4cccn4)cc3)nc21. The Labute approximate surface area is 142 Å². The molecule has 2 aromatic heterocycles. The Bertz CT molecular complexity index is 955. The second-order valence-electron chi connectivity index (χ2n) is 5.17. The van der Waals surface area contributed by atoms with Crippen molar-refractivity contribution in [2.45, 2.75) is 0 Å². The first-order chi connectivity index (χ1) is 11.6. The standard InChI is InChI=1S/C17H11ClFN5/c1-22(19)24-16-11-14(18)15(21-17(16)24)8-5-12-3-6-13(7-4-12)23-10-2-9-20-23/h2-4,6-7,9-11H,1H3. The van der Waals surface area contributed by atoms with Gasteiger partial charge in [-0.3, -0.25) is 0 Å². The van der Waals surface area contributed by atoms with Crippen LogP contribution in [0.1, 0.15) is 11.3 Å². The Hall–Kier alpha value is -2.88. The van der Waals surface area contributed by atoms with E-state index >= 15 is 0 Å². The zero-order valence-electron chi connectivity index (χ0n) is 12.6. The van der Waals surface area contributed by atoms with Gasteiger partial charge in [-0.25, -0.2) is 14.7 Å². The van der Waals surface area contributed by atoms with Crippen molar-refractivity contribution in [1.29, 1.82) is 0 Å². The molecule has 5 nitrogen and oxygen atoms in total. The van der Waals surface area contributed by atoms with Crippen molar-refractivity contribution in [3.05, 3.63) is 65.1 Å². The van der Waals surface area contributed by atoms with Crippen LogP contribution in [-0.4, -0.2) is 27.0 Å². The first-order valence-electron chi connectivity index (χ1n) is 7.16. The molecule has 4 rings (SSSR count). The van der Waals surface area contributed by atoms with Crippen molar-refractivity contribution in [3.8, 4) is 17.5 Å². The normalized spacial score (nSPS) is 11.9. The van der Waals surface area contributed by atoms with Gasteiger partial charge in [0.25, 0.3) is 0 Å². The molecule has 0 spiro atoms. The largest absolute Gasteiger partial charge is 0.241 e. The van der Waals surface area contributed by atoms with Crippen molar-refractivity contribution in [1.82, 2.24) is 20.0 Å². The summed E-state index contributed by atoms with van der Waals surface area (Å²) < 4.78 is 14.9. The molecular formula is C17H11ClFN5. The molecule has 0 N–H and O–H groups in total. The third kappa shape index (κ3) is 2.60. The lowest BCUT2D eigenvalue weighted by molar-refractivity contribution is 0.0706. The smallest absolute Gasteiger partial charge is 0.177 e. The average Bonchev–Trinajstić information content (AvgIpc) is 3.02. The number of anilines is 2. The number of rotatable bonds is 2. The van der Waals surface area contributed by atoms with Crippen molar-refractivity contribution < 1.29 is 4.48 Å². The molecule has 3 aromatic rings. The summed E-state index contributed by atoms with van der Waals surface area (Å²) >= 11 is 6.15. The zero-order valence-corrected chi connectivity index (χ0v) is 13.4. The summed E-state index contributed by atoms with van der Waals surface area (Å²) in [5.41, 5.74) is 2.86. The van der Waals surface area contributed by atoms with Crippen LogP contribution in [-0.2, 0) is 0 Å². The van der Waals surface area contributed by atoms with E-state index < -0.39 is 0 Å². The maximum Gasteiger partial charge on any atom is 0.177 e. The van der Waals surface area contributed by atoms with Crippen LogP contribution in [0.5, 0.6) is 0 Å². The third-order valence-corrected chi connectivity index (χ3v) is 3.84. The molecular weight excluding hydrogens is 329 g/mol. The Kier molecular flexibility index (Phi) is 3.45. The van der Waals surface area contributed by atoms with Gasteiger partial charge in [0, 0.05) is 25.0 Å². The highest BCUT2D eigenvalue weighted by atomic mass is 35.5. The fourth-order valence-electron chi connectivity index (χ4n) is 2.35. The van der Waals surface area contributed by atoms with Gasteiger partial charge in [0.05, 0.1) is 10.7 Å². The Morgan fingerprint density at radius 3 is 2.67 bits per heavy atom. The number of benzene rings is 1. The number of aromatic nitrogens is 3. The first-order valence-corrected chi connectivity index (χ1v) is 7.53. The van der Waals surface area contributed by atoms with E-state index in [-0.39, 0.29) is 0 Å². The molecule has 0 radical (unpaired) electrons. The molecule has 0 bridgehead atoms. The fraction of sp³-hybridized carbons (Fsp3) is 0.0588. The van der Waals surface area contributed by atoms with Gasteiger partial charge in [0.1, 0.15) is 11.4 Å². The van der Waals surface area contributed by atoms with Crippen molar-refractivity contribution >= 4 is 23.1 Å². The molecule has 0 atom stereocenters. The van der Waals surface area contributed by atoms with E-state index in [1.165, 1.54) is 12.1 Å². The molecule has 1 aliphatic rings. The Morgan fingerprint density at radius 1 is 1.21 bits per heavy atom. The van der Waals surface area contributed by atoms with Gasteiger partial charge in [-0.1, -0.05) is 22.8 Å². The molecule has 0 saturated heterocycles. The number of halogens is 2. The van der Waals surface area contributed by atoms with E-state index in [1.807, 2.05) is 36.5 Å². The van der Waals surface area contributed by atoms with Crippen LogP contribution in [0.3, 0.4) is 0 Å². The molecule has 1 aromatic carbocycles. The number of nitrogens with zero attached hydrogens (tertiary/aromatic N) is 5. The van der Waals surface area contributed by atoms with Crippen molar-refractivity contribution in [2.75, 3.05) is 12.1 Å². The monoisotopic (exact) mass is 339 g/mol. The molecule has 1 aliphatic heterocycles. The molecule has 118 valence electrons. The minimum atomic E-state index is 0.402. The number of fused-ring (bicyclic) bond motifs is 1. The summed E-state index contributed by atoms with van der Waals surface area (Å²) in [6, 6.07) is 11.2. The van der Waals surface area contributed by atoms with Gasteiger partial charge in [-0.15, -0.1) is 4.48 Å². The maximum absolute atomic E-state index is 13.2. The van der Waals surface area contributed by atoms with E-state index in [4.69, 9.17) is 11.6 Å². The van der Waals surface area contributed by atoms with Gasteiger partial charge in [-0.05, 0) is 42.3 Å². The third-order valence-electron chi connectivity index (χ3n) is 3.55. The molecule has 0 saturated carbocycles. The minimum Gasteiger partial charge on any atom is -0.241 e. The number of pyridine rings is 1. The number of hydrogen-bond acceptors (Lipinski definition) is 4. The lowest BCUT2D eigenvalue weighted by atomic mass is 10.2.